The summed E-state index contributed by atoms with van der Waals surface area (Å²) in [5.41, 5.74) is -0.641. The zero-order chi connectivity index (χ0) is 19.2. The molecule has 1 heterocycles. The van der Waals surface area contributed by atoms with Crippen molar-refractivity contribution in [3.8, 4) is 0 Å². The SMILES string of the molecule is C=C(C)C1OC(=O)CCC(O)CCC(C)(O)C(OC(C)=O)/C=C/C1C. The highest BCUT2D eigenvalue weighted by Crippen LogP contribution is 2.26. The molecular weight excluding hydrogens is 324 g/mol. The van der Waals surface area contributed by atoms with Crippen molar-refractivity contribution in [2.75, 3.05) is 0 Å². The van der Waals surface area contributed by atoms with Gasteiger partial charge in [-0.25, -0.2) is 0 Å². The van der Waals surface area contributed by atoms with Gasteiger partial charge in [-0.2, -0.15) is 0 Å². The first-order chi connectivity index (χ1) is 11.5. The van der Waals surface area contributed by atoms with Gasteiger partial charge in [0, 0.05) is 19.3 Å². The zero-order valence-corrected chi connectivity index (χ0v) is 15.5. The van der Waals surface area contributed by atoms with Crippen LogP contribution in [0.2, 0.25) is 0 Å². The lowest BCUT2D eigenvalue weighted by atomic mass is 9.89. The van der Waals surface area contributed by atoms with Crippen LogP contribution in [-0.2, 0) is 19.1 Å². The van der Waals surface area contributed by atoms with E-state index in [1.807, 2.05) is 6.92 Å². The zero-order valence-electron chi connectivity index (χ0n) is 15.5. The highest BCUT2D eigenvalue weighted by Gasteiger charge is 2.34. The van der Waals surface area contributed by atoms with Crippen LogP contribution in [0.4, 0.5) is 0 Å². The number of cyclic esters (lactones) is 1. The number of aliphatic hydroxyl groups excluding tert-OH is 1. The van der Waals surface area contributed by atoms with Gasteiger partial charge < -0.3 is 19.7 Å². The molecule has 1 aliphatic heterocycles. The van der Waals surface area contributed by atoms with Crippen molar-refractivity contribution in [1.29, 1.82) is 0 Å². The van der Waals surface area contributed by atoms with Gasteiger partial charge in [-0.3, -0.25) is 9.59 Å². The summed E-state index contributed by atoms with van der Waals surface area (Å²) in [6, 6.07) is 0. The van der Waals surface area contributed by atoms with Crippen molar-refractivity contribution < 1.29 is 29.3 Å². The van der Waals surface area contributed by atoms with Gasteiger partial charge in [0.15, 0.2) is 0 Å². The van der Waals surface area contributed by atoms with E-state index in [2.05, 4.69) is 6.58 Å². The molecule has 2 N–H and O–H groups in total. The van der Waals surface area contributed by atoms with E-state index in [0.29, 0.717) is 5.57 Å². The second-order valence-electron chi connectivity index (χ2n) is 7.12. The molecule has 142 valence electrons. The van der Waals surface area contributed by atoms with E-state index >= 15 is 0 Å². The Labute approximate surface area is 149 Å². The number of rotatable bonds is 2. The Kier molecular flexibility index (Phi) is 7.83. The molecule has 0 aromatic rings. The Balaban J connectivity index is 3.14. The molecule has 0 spiro atoms. The fraction of sp³-hybridized carbons (Fsp3) is 0.684. The van der Waals surface area contributed by atoms with E-state index < -0.39 is 35.9 Å². The molecule has 6 nitrogen and oxygen atoms in total. The molecule has 0 radical (unpaired) electrons. The summed E-state index contributed by atoms with van der Waals surface area (Å²) in [5.74, 6) is -1.11. The number of hydrogen-bond donors (Lipinski definition) is 2. The molecule has 0 saturated carbocycles. The largest absolute Gasteiger partial charge is 0.457 e. The molecule has 0 fully saturated rings. The first-order valence-corrected chi connectivity index (χ1v) is 8.63. The van der Waals surface area contributed by atoms with Gasteiger partial charge in [0.05, 0.1) is 6.10 Å². The maximum absolute atomic E-state index is 12.0. The summed E-state index contributed by atoms with van der Waals surface area (Å²) >= 11 is 0. The number of carbonyl (C=O) groups is 2. The van der Waals surface area contributed by atoms with Crippen molar-refractivity contribution in [1.82, 2.24) is 0 Å². The minimum absolute atomic E-state index is 0.0941. The number of aliphatic hydroxyl groups is 2. The topological polar surface area (TPSA) is 93.1 Å². The van der Waals surface area contributed by atoms with Crippen LogP contribution >= 0.6 is 0 Å². The molecular formula is C19H30O6. The highest BCUT2D eigenvalue weighted by atomic mass is 16.6. The van der Waals surface area contributed by atoms with Gasteiger partial charge in [0.2, 0.25) is 0 Å². The molecule has 25 heavy (non-hydrogen) atoms. The van der Waals surface area contributed by atoms with Gasteiger partial charge in [-0.15, -0.1) is 0 Å². The first-order valence-electron chi connectivity index (χ1n) is 8.63. The van der Waals surface area contributed by atoms with Crippen LogP contribution in [0.3, 0.4) is 0 Å². The second kappa shape index (κ2) is 9.15. The summed E-state index contributed by atoms with van der Waals surface area (Å²) in [6.07, 6.45) is 2.08. The molecule has 5 unspecified atom stereocenters. The predicted octanol–water partition coefficient (Wildman–Crippen LogP) is 2.28. The molecule has 0 aromatic carbocycles. The summed E-state index contributed by atoms with van der Waals surface area (Å²) in [7, 11) is 0. The normalized spacial score (nSPS) is 36.2. The number of esters is 2. The summed E-state index contributed by atoms with van der Waals surface area (Å²) < 4.78 is 10.7. The van der Waals surface area contributed by atoms with Crippen molar-refractivity contribution in [2.45, 2.75) is 77.3 Å². The van der Waals surface area contributed by atoms with E-state index in [4.69, 9.17) is 9.47 Å². The fourth-order valence-corrected chi connectivity index (χ4v) is 2.82. The van der Waals surface area contributed by atoms with Crippen molar-refractivity contribution in [2.24, 2.45) is 5.92 Å². The van der Waals surface area contributed by atoms with Crippen molar-refractivity contribution in [3.05, 3.63) is 24.3 Å². The third-order valence-electron chi connectivity index (χ3n) is 4.38. The van der Waals surface area contributed by atoms with Crippen LogP contribution in [-0.4, -0.2) is 46.1 Å². The Morgan fingerprint density at radius 2 is 2.00 bits per heavy atom. The van der Waals surface area contributed by atoms with Crippen LogP contribution in [0.5, 0.6) is 0 Å². The molecule has 6 heteroatoms. The third-order valence-corrected chi connectivity index (χ3v) is 4.38. The van der Waals surface area contributed by atoms with E-state index in [9.17, 15) is 19.8 Å². The Morgan fingerprint density at radius 1 is 1.36 bits per heavy atom. The van der Waals surface area contributed by atoms with E-state index in [0.717, 1.165) is 0 Å². The lowest BCUT2D eigenvalue weighted by Gasteiger charge is -2.31. The lowest BCUT2D eigenvalue weighted by molar-refractivity contribution is -0.156. The average molecular weight is 354 g/mol. The summed E-state index contributed by atoms with van der Waals surface area (Å²) in [6.45, 7) is 10.3. The highest BCUT2D eigenvalue weighted by molar-refractivity contribution is 5.70. The van der Waals surface area contributed by atoms with E-state index in [1.165, 1.54) is 6.92 Å². The van der Waals surface area contributed by atoms with Crippen LogP contribution < -0.4 is 0 Å². The molecule has 0 aliphatic carbocycles. The van der Waals surface area contributed by atoms with Crippen molar-refractivity contribution >= 4 is 11.9 Å². The Morgan fingerprint density at radius 3 is 2.56 bits per heavy atom. The maximum Gasteiger partial charge on any atom is 0.306 e. The van der Waals surface area contributed by atoms with Crippen LogP contribution in [0.15, 0.2) is 24.3 Å². The predicted molar refractivity (Wildman–Crippen MR) is 93.7 cm³/mol. The minimum atomic E-state index is -1.33. The molecule has 0 aromatic heterocycles. The van der Waals surface area contributed by atoms with Crippen LogP contribution in [0, 0.1) is 5.92 Å². The summed E-state index contributed by atoms with van der Waals surface area (Å²) in [5, 5.41) is 20.8. The smallest absolute Gasteiger partial charge is 0.306 e. The molecule has 0 bridgehead atoms. The van der Waals surface area contributed by atoms with Crippen LogP contribution in [0.1, 0.15) is 53.4 Å². The van der Waals surface area contributed by atoms with Crippen molar-refractivity contribution in [3.63, 3.8) is 0 Å². The number of ether oxygens (including phenoxy) is 2. The quantitative estimate of drug-likeness (QED) is 0.584. The number of hydrogen-bond acceptors (Lipinski definition) is 6. The van der Waals surface area contributed by atoms with Gasteiger partial charge in [-0.1, -0.05) is 19.6 Å². The molecule has 0 amide bonds. The maximum atomic E-state index is 12.0. The monoisotopic (exact) mass is 354 g/mol. The molecule has 1 aliphatic rings. The molecule has 5 atom stereocenters. The van der Waals surface area contributed by atoms with Gasteiger partial charge in [0.25, 0.3) is 0 Å². The number of carbonyl (C=O) groups excluding carboxylic acids is 2. The van der Waals surface area contributed by atoms with Gasteiger partial charge >= 0.3 is 11.9 Å². The minimum Gasteiger partial charge on any atom is -0.457 e. The molecule has 1 rings (SSSR count). The Hall–Kier alpha value is -1.66. The first kappa shape index (κ1) is 21.4. The fourth-order valence-electron chi connectivity index (χ4n) is 2.82. The van der Waals surface area contributed by atoms with E-state index in [-0.39, 0.29) is 31.6 Å². The van der Waals surface area contributed by atoms with Crippen LogP contribution in [0.25, 0.3) is 0 Å². The Bertz CT molecular complexity index is 522. The summed E-state index contributed by atoms with van der Waals surface area (Å²) in [4.78, 5) is 23.4. The van der Waals surface area contributed by atoms with Gasteiger partial charge in [0.1, 0.15) is 17.8 Å². The average Bonchev–Trinajstić information content (AvgIpc) is 2.51. The second-order valence-corrected chi connectivity index (χ2v) is 7.12. The lowest BCUT2D eigenvalue weighted by Crippen LogP contribution is -2.41. The standard InChI is InChI=1S/C19H30O6/c1-12(2)18-13(3)6-8-16(24-14(4)20)19(5,23)11-10-15(21)7-9-17(22)25-18/h6,8,13,15-16,18,21,23H,1,7,9-11H2,2-5H3/b8-6+. The third kappa shape index (κ3) is 7.00. The molecule has 0 saturated heterocycles. The van der Waals surface area contributed by atoms with Gasteiger partial charge in [-0.05, 0) is 44.8 Å². The van der Waals surface area contributed by atoms with E-state index in [1.54, 1.807) is 26.0 Å².